The van der Waals surface area contributed by atoms with Gasteiger partial charge in [0.05, 0.1) is 16.3 Å². The van der Waals surface area contributed by atoms with Crippen LogP contribution in [0.25, 0.3) is 6.08 Å². The number of amides is 3. The molecule has 3 amide bonds. The fourth-order valence-corrected chi connectivity index (χ4v) is 3.33. The number of pyridine rings is 1. The predicted molar refractivity (Wildman–Crippen MR) is 99.7 cm³/mol. The monoisotopic (exact) mass is 417 g/mol. The number of hydrogen-bond acceptors (Lipinski definition) is 5. The first-order valence-corrected chi connectivity index (χ1v) is 8.86. The van der Waals surface area contributed by atoms with E-state index < -0.39 is 17.1 Å². The third kappa shape index (κ3) is 4.15. The van der Waals surface area contributed by atoms with Gasteiger partial charge in [0.25, 0.3) is 11.1 Å². The minimum absolute atomic E-state index is 0.248. The van der Waals surface area contributed by atoms with Crippen LogP contribution in [-0.2, 0) is 9.59 Å². The second kappa shape index (κ2) is 7.62. The van der Waals surface area contributed by atoms with E-state index >= 15 is 0 Å². The molecule has 1 saturated heterocycles. The van der Waals surface area contributed by atoms with E-state index in [9.17, 15) is 14.4 Å². The van der Waals surface area contributed by atoms with Gasteiger partial charge in [0.15, 0.2) is 0 Å². The number of benzene rings is 1. The molecule has 1 aliphatic heterocycles. The van der Waals surface area contributed by atoms with Crippen molar-refractivity contribution in [3.05, 3.63) is 63.7 Å². The van der Waals surface area contributed by atoms with Gasteiger partial charge < -0.3 is 5.32 Å². The maximum Gasteiger partial charge on any atom is 0.294 e. The van der Waals surface area contributed by atoms with Crippen LogP contribution in [0, 0.1) is 0 Å². The third-order valence-electron chi connectivity index (χ3n) is 3.29. The van der Waals surface area contributed by atoms with Crippen molar-refractivity contribution >= 4 is 56.5 Å². The molecule has 0 unspecified atom stereocenters. The SMILES string of the molecule is O=C(CN1C(=O)S/C(=C\c2ccccn2)C1=O)Nc1ccccc1Br. The lowest BCUT2D eigenvalue weighted by Gasteiger charge is -2.13. The predicted octanol–water partition coefficient (Wildman–Crippen LogP) is 3.52. The van der Waals surface area contributed by atoms with Gasteiger partial charge in [-0.05, 0) is 58.0 Å². The highest BCUT2D eigenvalue weighted by molar-refractivity contribution is 9.10. The molecule has 8 heteroatoms. The molecule has 3 rings (SSSR count). The Morgan fingerprint density at radius 2 is 1.96 bits per heavy atom. The molecule has 0 bridgehead atoms. The van der Waals surface area contributed by atoms with Crippen LogP contribution < -0.4 is 5.32 Å². The van der Waals surface area contributed by atoms with Gasteiger partial charge in [0, 0.05) is 10.7 Å². The van der Waals surface area contributed by atoms with E-state index in [1.807, 2.05) is 6.07 Å². The lowest BCUT2D eigenvalue weighted by atomic mass is 10.3. The molecule has 0 saturated carbocycles. The quantitative estimate of drug-likeness (QED) is 0.769. The van der Waals surface area contributed by atoms with Crippen LogP contribution in [0.1, 0.15) is 5.69 Å². The lowest BCUT2D eigenvalue weighted by Crippen LogP contribution is -2.36. The molecule has 0 atom stereocenters. The van der Waals surface area contributed by atoms with Crippen molar-refractivity contribution in [3.63, 3.8) is 0 Å². The van der Waals surface area contributed by atoms with Crippen LogP contribution in [0.3, 0.4) is 0 Å². The van der Waals surface area contributed by atoms with Crippen LogP contribution >= 0.6 is 27.7 Å². The van der Waals surface area contributed by atoms with E-state index in [0.29, 0.717) is 15.9 Å². The summed E-state index contributed by atoms with van der Waals surface area (Å²) in [5.74, 6) is -0.948. The van der Waals surface area contributed by atoms with Gasteiger partial charge >= 0.3 is 0 Å². The number of nitrogens with zero attached hydrogens (tertiary/aromatic N) is 2. The smallest absolute Gasteiger partial charge is 0.294 e. The summed E-state index contributed by atoms with van der Waals surface area (Å²) in [6, 6.07) is 12.4. The van der Waals surface area contributed by atoms with Crippen molar-refractivity contribution in [2.45, 2.75) is 0 Å². The maximum absolute atomic E-state index is 12.4. The summed E-state index contributed by atoms with van der Waals surface area (Å²) in [4.78, 5) is 41.9. The van der Waals surface area contributed by atoms with Gasteiger partial charge in [-0.1, -0.05) is 18.2 Å². The van der Waals surface area contributed by atoms with Crippen molar-refractivity contribution in [3.8, 4) is 0 Å². The molecule has 0 radical (unpaired) electrons. The van der Waals surface area contributed by atoms with E-state index in [-0.39, 0.29) is 11.4 Å². The van der Waals surface area contributed by atoms with E-state index in [4.69, 9.17) is 0 Å². The van der Waals surface area contributed by atoms with E-state index in [0.717, 1.165) is 16.7 Å². The molecule has 0 aliphatic carbocycles. The molecule has 0 spiro atoms. The van der Waals surface area contributed by atoms with Gasteiger partial charge in [0.2, 0.25) is 5.91 Å². The van der Waals surface area contributed by atoms with Crippen LogP contribution in [0.5, 0.6) is 0 Å². The minimum atomic E-state index is -0.497. The number of rotatable bonds is 4. The standard InChI is InChI=1S/C17H12BrN3O3S/c18-12-6-1-2-7-13(12)20-15(22)10-21-16(23)14(25-17(21)24)9-11-5-3-4-8-19-11/h1-9H,10H2,(H,20,22)/b14-9-. The fourth-order valence-electron chi connectivity index (χ4n) is 2.13. The molecular formula is C17H12BrN3O3S. The molecule has 2 aromatic rings. The zero-order chi connectivity index (χ0) is 17.8. The van der Waals surface area contributed by atoms with Crippen LogP contribution in [-0.4, -0.2) is 33.5 Å². The molecular weight excluding hydrogens is 406 g/mol. The van der Waals surface area contributed by atoms with Gasteiger partial charge in [-0.3, -0.25) is 24.3 Å². The highest BCUT2D eigenvalue weighted by atomic mass is 79.9. The minimum Gasteiger partial charge on any atom is -0.324 e. The number of nitrogens with one attached hydrogen (secondary N) is 1. The number of halogens is 1. The molecule has 1 aromatic heterocycles. The first-order chi connectivity index (χ1) is 12.0. The number of hydrogen-bond donors (Lipinski definition) is 1. The van der Waals surface area contributed by atoms with Crippen molar-refractivity contribution in [2.24, 2.45) is 0 Å². The number of anilines is 1. The number of aromatic nitrogens is 1. The highest BCUT2D eigenvalue weighted by Crippen LogP contribution is 2.31. The largest absolute Gasteiger partial charge is 0.324 e. The number of para-hydroxylation sites is 1. The summed E-state index contributed by atoms with van der Waals surface area (Å²) in [5.41, 5.74) is 1.15. The summed E-state index contributed by atoms with van der Waals surface area (Å²) in [5, 5.41) is 2.19. The van der Waals surface area contributed by atoms with E-state index in [1.165, 1.54) is 6.08 Å². The normalized spacial score (nSPS) is 15.7. The number of thioether (sulfide) groups is 1. The summed E-state index contributed by atoms with van der Waals surface area (Å²) < 4.78 is 0.715. The molecule has 2 heterocycles. The Morgan fingerprint density at radius 1 is 1.20 bits per heavy atom. The topological polar surface area (TPSA) is 79.4 Å². The van der Waals surface area contributed by atoms with E-state index in [1.54, 1.807) is 42.6 Å². The first-order valence-electron chi connectivity index (χ1n) is 7.25. The van der Waals surface area contributed by atoms with Crippen molar-refractivity contribution < 1.29 is 14.4 Å². The summed E-state index contributed by atoms with van der Waals surface area (Å²) in [6.07, 6.45) is 3.14. The van der Waals surface area contributed by atoms with Crippen molar-refractivity contribution in [2.75, 3.05) is 11.9 Å². The molecule has 1 aliphatic rings. The molecule has 6 nitrogen and oxygen atoms in total. The third-order valence-corrected chi connectivity index (χ3v) is 4.89. The first kappa shape index (κ1) is 17.4. The Kier molecular flexibility index (Phi) is 5.30. The second-order valence-corrected chi connectivity index (χ2v) is 6.90. The average Bonchev–Trinajstić information content (AvgIpc) is 2.85. The van der Waals surface area contributed by atoms with E-state index in [2.05, 4.69) is 26.2 Å². The van der Waals surface area contributed by atoms with Crippen molar-refractivity contribution in [1.29, 1.82) is 0 Å². The summed E-state index contributed by atoms with van der Waals surface area (Å²) >= 11 is 4.12. The average molecular weight is 418 g/mol. The zero-order valence-corrected chi connectivity index (χ0v) is 15.2. The Hall–Kier alpha value is -2.45. The second-order valence-electron chi connectivity index (χ2n) is 5.05. The van der Waals surface area contributed by atoms with Crippen LogP contribution in [0.4, 0.5) is 10.5 Å². The zero-order valence-electron chi connectivity index (χ0n) is 12.8. The Balaban J connectivity index is 1.70. The van der Waals surface area contributed by atoms with Gasteiger partial charge in [0.1, 0.15) is 6.54 Å². The number of carbonyl (C=O) groups is 3. The van der Waals surface area contributed by atoms with Crippen LogP contribution in [0.15, 0.2) is 58.0 Å². The lowest BCUT2D eigenvalue weighted by molar-refractivity contribution is -0.127. The highest BCUT2D eigenvalue weighted by Gasteiger charge is 2.36. The molecule has 1 N–H and O–H groups in total. The molecule has 1 fully saturated rings. The summed E-state index contributed by atoms with van der Waals surface area (Å²) in [6.45, 7) is -0.342. The number of carbonyl (C=O) groups excluding carboxylic acids is 3. The van der Waals surface area contributed by atoms with Gasteiger partial charge in [-0.2, -0.15) is 0 Å². The van der Waals surface area contributed by atoms with Crippen molar-refractivity contribution in [1.82, 2.24) is 9.88 Å². The molecule has 126 valence electrons. The van der Waals surface area contributed by atoms with Crippen LogP contribution in [0.2, 0.25) is 0 Å². The maximum atomic E-state index is 12.4. The Labute approximate surface area is 156 Å². The summed E-state index contributed by atoms with van der Waals surface area (Å²) in [7, 11) is 0. The molecule has 1 aromatic carbocycles. The number of imide groups is 1. The van der Waals surface area contributed by atoms with Gasteiger partial charge in [-0.15, -0.1) is 0 Å². The molecule has 25 heavy (non-hydrogen) atoms. The van der Waals surface area contributed by atoms with Gasteiger partial charge in [-0.25, -0.2) is 0 Å². The fraction of sp³-hybridized carbons (Fsp3) is 0.0588. The Bertz CT molecular complexity index is 870. The Morgan fingerprint density at radius 3 is 2.68 bits per heavy atom.